The Morgan fingerprint density at radius 1 is 0.902 bits per heavy atom. The van der Waals surface area contributed by atoms with Crippen molar-refractivity contribution in [3.8, 4) is 17.2 Å². The largest absolute Gasteiger partial charge is 0.493 e. The molecule has 0 saturated carbocycles. The quantitative estimate of drug-likeness (QED) is 0.169. The highest BCUT2D eigenvalue weighted by Gasteiger charge is 2.42. The van der Waals surface area contributed by atoms with Crippen molar-refractivity contribution in [2.24, 2.45) is 0 Å². The van der Waals surface area contributed by atoms with Crippen molar-refractivity contribution in [2.75, 3.05) is 85.3 Å². The zero-order chi connectivity index (χ0) is 36.0. The Labute approximate surface area is 295 Å². The van der Waals surface area contributed by atoms with Gasteiger partial charge in [0.2, 0.25) is 11.7 Å². The maximum atomic E-state index is 13.9. The van der Waals surface area contributed by atoms with Gasteiger partial charge in [-0.3, -0.25) is 9.78 Å². The number of rotatable bonds is 13. The maximum absolute atomic E-state index is 13.9. The number of benzene rings is 2. The predicted molar refractivity (Wildman–Crippen MR) is 187 cm³/mol. The fourth-order valence-electron chi connectivity index (χ4n) is 7.36. The van der Waals surface area contributed by atoms with Gasteiger partial charge in [0.1, 0.15) is 6.61 Å². The molecule has 274 valence electrons. The van der Waals surface area contributed by atoms with Crippen LogP contribution < -0.4 is 19.1 Å². The van der Waals surface area contributed by atoms with E-state index in [4.69, 9.17) is 23.9 Å². The molecule has 2 saturated heterocycles. The Balaban J connectivity index is 1.15. The van der Waals surface area contributed by atoms with Crippen molar-refractivity contribution in [1.29, 1.82) is 0 Å². The van der Waals surface area contributed by atoms with Crippen LogP contribution in [0.25, 0.3) is 11.0 Å². The summed E-state index contributed by atoms with van der Waals surface area (Å²) in [5, 5.41) is 0. The van der Waals surface area contributed by atoms with Crippen LogP contribution in [-0.4, -0.2) is 117 Å². The number of ether oxygens (including phenoxy) is 4. The molecule has 2 aromatic heterocycles. The maximum Gasteiger partial charge on any atom is 0.411 e. The minimum Gasteiger partial charge on any atom is -0.493 e. The highest BCUT2D eigenvalue weighted by Crippen LogP contribution is 2.41. The fourth-order valence-corrected chi connectivity index (χ4v) is 7.36. The first-order chi connectivity index (χ1) is 24.6. The molecule has 2 aromatic carbocycles. The van der Waals surface area contributed by atoms with E-state index < -0.39 is 12.8 Å². The SMILES string of the molecule is COc1cc(C(=O)N2CCC(CCN3CCCN(c4nc5ccccc5n4CCOCC(F)(F)F)CC3)(c3ccncc3)C2)cc(OC)c1OC. The summed E-state index contributed by atoms with van der Waals surface area (Å²) in [7, 11) is 4.60. The normalized spacial score (nSPS) is 18.6. The minimum atomic E-state index is -4.37. The molecule has 0 N–H and O–H groups in total. The number of pyridine rings is 1. The van der Waals surface area contributed by atoms with Gasteiger partial charge in [-0.25, -0.2) is 4.98 Å². The van der Waals surface area contributed by atoms with Gasteiger partial charge in [0.25, 0.3) is 5.91 Å². The number of methoxy groups -OCH3 is 3. The second kappa shape index (κ2) is 15.8. The molecule has 1 atom stereocenters. The van der Waals surface area contributed by atoms with Gasteiger partial charge in [-0.05, 0) is 74.3 Å². The lowest BCUT2D eigenvalue weighted by atomic mass is 9.77. The molecule has 2 aliphatic heterocycles. The van der Waals surface area contributed by atoms with E-state index in [1.54, 1.807) is 12.1 Å². The molecule has 4 aromatic rings. The smallest absolute Gasteiger partial charge is 0.411 e. The summed E-state index contributed by atoms with van der Waals surface area (Å²) in [6.45, 7) is 4.13. The molecule has 14 heteroatoms. The summed E-state index contributed by atoms with van der Waals surface area (Å²) in [6.07, 6.45) is 1.82. The molecular formula is C37H45F3N6O5. The minimum absolute atomic E-state index is 0.0665. The number of halogens is 3. The first-order valence-corrected chi connectivity index (χ1v) is 17.2. The average molecular weight is 711 g/mol. The molecular weight excluding hydrogens is 665 g/mol. The first-order valence-electron chi connectivity index (χ1n) is 17.2. The number of likely N-dealkylation sites (tertiary alicyclic amines) is 1. The molecule has 51 heavy (non-hydrogen) atoms. The van der Waals surface area contributed by atoms with Gasteiger partial charge in [0.15, 0.2) is 11.5 Å². The number of anilines is 1. The second-order valence-corrected chi connectivity index (χ2v) is 13.1. The Morgan fingerprint density at radius 2 is 1.65 bits per heavy atom. The number of amides is 1. The molecule has 2 fully saturated rings. The van der Waals surface area contributed by atoms with Crippen molar-refractivity contribution in [1.82, 2.24) is 24.3 Å². The molecule has 4 heterocycles. The number of nitrogens with zero attached hydrogens (tertiary/aromatic N) is 6. The highest BCUT2D eigenvalue weighted by molar-refractivity contribution is 5.96. The van der Waals surface area contributed by atoms with E-state index in [1.807, 2.05) is 46.1 Å². The van der Waals surface area contributed by atoms with Crippen LogP contribution in [-0.2, 0) is 16.7 Å². The molecule has 2 aliphatic rings. The number of alkyl halides is 3. The van der Waals surface area contributed by atoms with E-state index in [0.717, 1.165) is 74.5 Å². The van der Waals surface area contributed by atoms with Crippen LogP contribution in [0, 0.1) is 0 Å². The van der Waals surface area contributed by atoms with Crippen LogP contribution in [0.5, 0.6) is 17.2 Å². The lowest BCUT2D eigenvalue weighted by Gasteiger charge is -2.33. The van der Waals surface area contributed by atoms with Crippen LogP contribution in [0.3, 0.4) is 0 Å². The number of para-hydroxylation sites is 2. The lowest BCUT2D eigenvalue weighted by molar-refractivity contribution is -0.174. The lowest BCUT2D eigenvalue weighted by Crippen LogP contribution is -2.39. The van der Waals surface area contributed by atoms with E-state index in [0.29, 0.717) is 35.9 Å². The standard InChI is InChI=1S/C37H45F3N6O5/c1-48-31-23-27(24-32(49-2)33(31)50-3)34(47)45-18-12-36(25-45,28-9-13-41-14-10-28)11-17-43-15-6-16-44(20-19-43)35-42-29-7-4-5-8-30(29)46(35)21-22-51-26-37(38,39)40/h4-5,7-10,13-14,23-24H,6,11-12,15-22,25-26H2,1-3H3. The topological polar surface area (TPSA) is 94.4 Å². The first kappa shape index (κ1) is 36.2. The molecule has 0 spiro atoms. The third kappa shape index (κ3) is 8.17. The van der Waals surface area contributed by atoms with Crippen molar-refractivity contribution in [3.63, 3.8) is 0 Å². The summed E-state index contributed by atoms with van der Waals surface area (Å²) in [4.78, 5) is 29.7. The van der Waals surface area contributed by atoms with Crippen molar-refractivity contribution in [2.45, 2.75) is 37.4 Å². The van der Waals surface area contributed by atoms with Crippen LogP contribution in [0.4, 0.5) is 19.1 Å². The van der Waals surface area contributed by atoms with Crippen LogP contribution in [0.2, 0.25) is 0 Å². The number of aromatic nitrogens is 3. The molecule has 0 radical (unpaired) electrons. The van der Waals surface area contributed by atoms with Gasteiger partial charge >= 0.3 is 6.18 Å². The summed E-state index contributed by atoms with van der Waals surface area (Å²) in [5.41, 5.74) is 3.05. The monoisotopic (exact) mass is 710 g/mol. The van der Waals surface area contributed by atoms with E-state index in [2.05, 4.69) is 26.9 Å². The van der Waals surface area contributed by atoms with Gasteiger partial charge in [0.05, 0.1) is 39.0 Å². The summed E-state index contributed by atoms with van der Waals surface area (Å²) in [6, 6.07) is 15.2. The average Bonchev–Trinajstić information content (AvgIpc) is 3.66. The molecule has 0 bridgehead atoms. The van der Waals surface area contributed by atoms with Crippen LogP contribution in [0.15, 0.2) is 60.9 Å². The number of hydrogen-bond acceptors (Lipinski definition) is 9. The third-order valence-corrected chi connectivity index (χ3v) is 9.98. The highest BCUT2D eigenvalue weighted by atomic mass is 19.4. The van der Waals surface area contributed by atoms with Gasteiger partial charge in [-0.1, -0.05) is 12.1 Å². The third-order valence-electron chi connectivity index (χ3n) is 9.98. The van der Waals surface area contributed by atoms with Crippen molar-refractivity contribution < 1.29 is 36.9 Å². The summed E-state index contributed by atoms with van der Waals surface area (Å²) < 4.78 is 61.6. The molecule has 11 nitrogen and oxygen atoms in total. The van der Waals surface area contributed by atoms with Gasteiger partial charge in [-0.2, -0.15) is 13.2 Å². The van der Waals surface area contributed by atoms with E-state index in [1.165, 1.54) is 21.3 Å². The number of hydrogen-bond donors (Lipinski definition) is 0. The zero-order valence-corrected chi connectivity index (χ0v) is 29.3. The Hall–Kier alpha value is -4.56. The number of fused-ring (bicyclic) bond motifs is 1. The van der Waals surface area contributed by atoms with Crippen LogP contribution in [0.1, 0.15) is 35.2 Å². The Bertz CT molecular complexity index is 1760. The summed E-state index contributed by atoms with van der Waals surface area (Å²) >= 11 is 0. The molecule has 6 rings (SSSR count). The zero-order valence-electron chi connectivity index (χ0n) is 29.3. The van der Waals surface area contributed by atoms with Gasteiger partial charge in [0, 0.05) is 62.6 Å². The van der Waals surface area contributed by atoms with Gasteiger partial charge < -0.3 is 38.2 Å². The molecule has 1 unspecified atom stereocenters. The van der Waals surface area contributed by atoms with Gasteiger partial charge in [-0.15, -0.1) is 0 Å². The number of carbonyl (C=O) groups excluding carboxylic acids is 1. The van der Waals surface area contributed by atoms with Crippen molar-refractivity contribution >= 4 is 22.9 Å². The number of imidazole rings is 1. The number of carbonyl (C=O) groups is 1. The fraction of sp³-hybridized carbons (Fsp3) is 0.486. The van der Waals surface area contributed by atoms with Crippen LogP contribution >= 0.6 is 0 Å². The molecule has 1 amide bonds. The van der Waals surface area contributed by atoms with Crippen molar-refractivity contribution in [3.05, 3.63) is 72.1 Å². The van der Waals surface area contributed by atoms with E-state index >= 15 is 0 Å². The van der Waals surface area contributed by atoms with E-state index in [-0.39, 0.29) is 24.5 Å². The Kier molecular flexibility index (Phi) is 11.2. The predicted octanol–water partition coefficient (Wildman–Crippen LogP) is 5.42. The second-order valence-electron chi connectivity index (χ2n) is 13.1. The summed E-state index contributed by atoms with van der Waals surface area (Å²) in [5.74, 6) is 1.95. The molecule has 0 aliphatic carbocycles. The Morgan fingerprint density at radius 3 is 2.35 bits per heavy atom. The van der Waals surface area contributed by atoms with E-state index in [9.17, 15) is 18.0 Å².